The lowest BCUT2D eigenvalue weighted by atomic mass is 10.2. The number of benzene rings is 2. The molecule has 2 rings (SSSR count). The molecule has 0 saturated carbocycles. The monoisotopic (exact) mass is 467 g/mol. The zero-order valence-electron chi connectivity index (χ0n) is 13.6. The van der Waals surface area contributed by atoms with Crippen LogP contribution in [0, 0.1) is 11.5 Å². The molecule has 7 heteroatoms. The molecule has 2 aromatic carbocycles. The van der Waals surface area contributed by atoms with E-state index in [1.54, 1.807) is 0 Å². The van der Waals surface area contributed by atoms with Gasteiger partial charge in [0.05, 0.1) is 13.1 Å². The average Bonchev–Trinajstić information content (AvgIpc) is 2.66. The van der Waals surface area contributed by atoms with E-state index in [9.17, 15) is 0 Å². The molecule has 0 aliphatic heterocycles. The molecule has 0 fully saturated rings. The molecule has 0 radical (unpaired) electrons. The fourth-order valence-corrected chi connectivity index (χ4v) is 3.08. The van der Waals surface area contributed by atoms with Crippen LogP contribution in [0.3, 0.4) is 0 Å². The lowest BCUT2D eigenvalue weighted by Crippen LogP contribution is -2.36. The summed E-state index contributed by atoms with van der Waals surface area (Å²) in [6.07, 6.45) is 3.68. The Hall–Kier alpha value is -1.68. The molecule has 2 aromatic rings. The van der Waals surface area contributed by atoms with Crippen LogP contribution in [0.15, 0.2) is 65.7 Å². The molecule has 5 nitrogen and oxygen atoms in total. The number of nitrogens with zero attached hydrogens (tertiary/aromatic N) is 3. The second kappa shape index (κ2) is 11.8. The van der Waals surface area contributed by atoms with Crippen LogP contribution in [0.5, 0.6) is 5.75 Å². The SMILES string of the molecule is N#CN=C(Oc1ccccc1)N(CCCCOPI)c1ccccc1. The van der Waals surface area contributed by atoms with Gasteiger partial charge in [0.15, 0.2) is 0 Å². The third-order valence-corrected chi connectivity index (χ3v) is 4.58. The van der Waals surface area contributed by atoms with Gasteiger partial charge in [-0.05, 0) is 59.1 Å². The number of ether oxygens (including phenoxy) is 1. The molecule has 0 heterocycles. The number of halogens is 1. The van der Waals surface area contributed by atoms with Crippen LogP contribution in [-0.4, -0.2) is 19.2 Å². The number of para-hydroxylation sites is 2. The lowest BCUT2D eigenvalue weighted by Gasteiger charge is -2.25. The summed E-state index contributed by atoms with van der Waals surface area (Å²) in [6.45, 7) is 1.89. The Labute approximate surface area is 163 Å². The number of anilines is 1. The highest BCUT2D eigenvalue weighted by Gasteiger charge is 2.16. The summed E-state index contributed by atoms with van der Waals surface area (Å²) >= 11 is 2.22. The zero-order chi connectivity index (χ0) is 17.7. The molecule has 0 amide bonds. The number of nitriles is 1. The fourth-order valence-electron chi connectivity index (χ4n) is 2.20. The van der Waals surface area contributed by atoms with E-state index in [2.05, 4.69) is 27.0 Å². The van der Waals surface area contributed by atoms with Crippen molar-refractivity contribution < 1.29 is 9.26 Å². The van der Waals surface area contributed by atoms with Gasteiger partial charge in [0.2, 0.25) is 6.19 Å². The summed E-state index contributed by atoms with van der Waals surface area (Å²) in [7, 11) is 0. The smallest absolute Gasteiger partial charge is 0.312 e. The minimum atomic E-state index is 0.275. The van der Waals surface area contributed by atoms with Crippen molar-refractivity contribution in [1.82, 2.24) is 0 Å². The van der Waals surface area contributed by atoms with Crippen LogP contribution in [0.1, 0.15) is 12.8 Å². The van der Waals surface area contributed by atoms with Gasteiger partial charge in [-0.25, -0.2) is 0 Å². The van der Waals surface area contributed by atoms with Crippen molar-refractivity contribution in [2.75, 3.05) is 18.1 Å². The summed E-state index contributed by atoms with van der Waals surface area (Å²) in [5.74, 6) is 0.645. The molecule has 0 spiro atoms. The zero-order valence-corrected chi connectivity index (χ0v) is 16.8. The van der Waals surface area contributed by atoms with E-state index in [-0.39, 0.29) is 6.02 Å². The number of aliphatic imine (C=N–C) groups is 1. The maximum atomic E-state index is 9.09. The van der Waals surface area contributed by atoms with E-state index in [1.807, 2.05) is 71.8 Å². The van der Waals surface area contributed by atoms with E-state index < -0.39 is 0 Å². The highest BCUT2D eigenvalue weighted by molar-refractivity contribution is 14.2. The number of rotatable bonds is 8. The van der Waals surface area contributed by atoms with Crippen LogP contribution in [0.2, 0.25) is 0 Å². The molecule has 25 heavy (non-hydrogen) atoms. The molecule has 0 N–H and O–H groups in total. The molecule has 0 aromatic heterocycles. The predicted octanol–water partition coefficient (Wildman–Crippen LogP) is 5.15. The van der Waals surface area contributed by atoms with Gasteiger partial charge in [0.1, 0.15) is 5.75 Å². The minimum absolute atomic E-state index is 0.275. The second-order valence-electron chi connectivity index (χ2n) is 5.03. The lowest BCUT2D eigenvalue weighted by molar-refractivity contribution is 0.357. The molecular formula is C18H19IN3O2P. The Morgan fingerprint density at radius 2 is 1.76 bits per heavy atom. The third-order valence-electron chi connectivity index (χ3n) is 3.33. The summed E-state index contributed by atoms with van der Waals surface area (Å²) in [5.41, 5.74) is 0.934. The number of unbranched alkanes of at least 4 members (excludes halogenated alkanes) is 1. The third kappa shape index (κ3) is 6.99. The fraction of sp³-hybridized carbons (Fsp3) is 0.222. The maximum absolute atomic E-state index is 9.09. The molecule has 1 atom stereocenters. The molecular weight excluding hydrogens is 448 g/mol. The van der Waals surface area contributed by atoms with Crippen LogP contribution < -0.4 is 9.64 Å². The normalized spacial score (nSPS) is 11.4. The Morgan fingerprint density at radius 1 is 1.08 bits per heavy atom. The molecule has 130 valence electrons. The molecule has 0 aliphatic carbocycles. The van der Waals surface area contributed by atoms with Gasteiger partial charge in [-0.3, -0.25) is 4.90 Å². The molecule has 0 saturated heterocycles. The van der Waals surface area contributed by atoms with Gasteiger partial charge < -0.3 is 9.26 Å². The van der Waals surface area contributed by atoms with E-state index >= 15 is 0 Å². The van der Waals surface area contributed by atoms with Crippen LogP contribution >= 0.6 is 28.5 Å². The highest BCUT2D eigenvalue weighted by atomic mass is 127. The van der Waals surface area contributed by atoms with Crippen molar-refractivity contribution >= 4 is 40.2 Å². The Morgan fingerprint density at radius 3 is 2.40 bits per heavy atom. The van der Waals surface area contributed by atoms with E-state index in [4.69, 9.17) is 14.5 Å². The molecule has 0 aliphatic rings. The average molecular weight is 467 g/mol. The van der Waals surface area contributed by atoms with Gasteiger partial charge in [0, 0.05) is 12.2 Å². The second-order valence-corrected chi connectivity index (χ2v) is 6.79. The van der Waals surface area contributed by atoms with Crippen LogP contribution in [0.4, 0.5) is 5.69 Å². The van der Waals surface area contributed by atoms with Crippen molar-refractivity contribution in [3.8, 4) is 11.9 Å². The van der Waals surface area contributed by atoms with Crippen LogP contribution in [0.25, 0.3) is 0 Å². The van der Waals surface area contributed by atoms with Crippen molar-refractivity contribution in [1.29, 1.82) is 5.26 Å². The number of amidine groups is 1. The van der Waals surface area contributed by atoms with Crippen molar-refractivity contribution in [2.24, 2.45) is 4.99 Å². The summed E-state index contributed by atoms with van der Waals surface area (Å²) in [5, 5.41) is 9.09. The number of hydrogen-bond donors (Lipinski definition) is 0. The number of hydrogen-bond acceptors (Lipinski definition) is 4. The van der Waals surface area contributed by atoms with Crippen molar-refractivity contribution in [2.45, 2.75) is 12.8 Å². The van der Waals surface area contributed by atoms with Gasteiger partial charge in [0.25, 0.3) is 0 Å². The summed E-state index contributed by atoms with van der Waals surface area (Å²) in [6, 6.07) is 19.4. The van der Waals surface area contributed by atoms with E-state index in [0.29, 0.717) is 18.7 Å². The Balaban J connectivity index is 2.15. The first-order chi connectivity index (χ1) is 12.3. The minimum Gasteiger partial charge on any atom is -0.425 e. The van der Waals surface area contributed by atoms with Crippen molar-refractivity contribution in [3.63, 3.8) is 0 Å². The standard InChI is InChI=1S/C18H19IN3O2P/c19-25-23-14-8-7-13-22(16-9-3-1-4-10-16)18(21-15-20)24-17-11-5-2-6-12-17/h1-6,9-12,25H,7-8,13-14H2. The Bertz CT molecular complexity index is 692. The predicted molar refractivity (Wildman–Crippen MR) is 111 cm³/mol. The topological polar surface area (TPSA) is 57.8 Å². The largest absolute Gasteiger partial charge is 0.425 e. The first-order valence-electron chi connectivity index (χ1n) is 7.85. The summed E-state index contributed by atoms with van der Waals surface area (Å²) in [4.78, 5) is 5.83. The maximum Gasteiger partial charge on any atom is 0.312 e. The van der Waals surface area contributed by atoms with Gasteiger partial charge in [-0.2, -0.15) is 5.26 Å². The first kappa shape index (κ1) is 19.6. The molecule has 0 bridgehead atoms. The van der Waals surface area contributed by atoms with Gasteiger partial charge in [-0.15, -0.1) is 4.99 Å². The highest BCUT2D eigenvalue weighted by Crippen LogP contribution is 2.22. The Kier molecular flexibility index (Phi) is 9.27. The van der Waals surface area contributed by atoms with E-state index in [0.717, 1.165) is 25.1 Å². The van der Waals surface area contributed by atoms with Crippen LogP contribution in [-0.2, 0) is 4.52 Å². The first-order valence-corrected chi connectivity index (χ1v) is 11.9. The quantitative estimate of drug-likeness (QED) is 0.135. The summed E-state index contributed by atoms with van der Waals surface area (Å²) < 4.78 is 11.3. The van der Waals surface area contributed by atoms with Gasteiger partial charge >= 0.3 is 6.02 Å². The van der Waals surface area contributed by atoms with Crippen molar-refractivity contribution in [3.05, 3.63) is 60.7 Å². The van der Waals surface area contributed by atoms with Gasteiger partial charge in [-0.1, -0.05) is 36.4 Å². The van der Waals surface area contributed by atoms with E-state index in [1.165, 1.54) is 0 Å². The molecule has 1 unspecified atom stereocenters.